The van der Waals surface area contributed by atoms with Crippen molar-refractivity contribution < 1.29 is 14.7 Å². The van der Waals surface area contributed by atoms with E-state index in [0.717, 1.165) is 24.8 Å². The van der Waals surface area contributed by atoms with Crippen LogP contribution in [0.1, 0.15) is 36.4 Å². The lowest BCUT2D eigenvalue weighted by Gasteiger charge is -2.26. The second kappa shape index (κ2) is 5.21. The van der Waals surface area contributed by atoms with Crippen LogP contribution >= 0.6 is 0 Å². The number of aryl methyl sites for hydroxylation is 1. The van der Waals surface area contributed by atoms with Crippen molar-refractivity contribution in [2.45, 2.75) is 32.2 Å². The summed E-state index contributed by atoms with van der Waals surface area (Å²) in [5.74, 6) is -1.17. The topological polar surface area (TPSA) is 66.4 Å². The number of rotatable bonds is 4. The molecule has 1 aliphatic rings. The van der Waals surface area contributed by atoms with Crippen molar-refractivity contribution in [3.8, 4) is 0 Å². The Morgan fingerprint density at radius 2 is 2.11 bits per heavy atom. The molecule has 0 radical (unpaired) electrons. The monoisotopic (exact) mass is 247 g/mol. The van der Waals surface area contributed by atoms with Gasteiger partial charge in [0.05, 0.1) is 0 Å². The van der Waals surface area contributed by atoms with Crippen LogP contribution in [0.4, 0.5) is 0 Å². The lowest BCUT2D eigenvalue weighted by atomic mass is 9.84. The molecule has 1 atom stereocenters. The zero-order valence-electron chi connectivity index (χ0n) is 10.3. The Morgan fingerprint density at radius 3 is 2.61 bits per heavy atom. The van der Waals surface area contributed by atoms with Crippen molar-refractivity contribution in [2.24, 2.45) is 5.92 Å². The highest BCUT2D eigenvalue weighted by Crippen LogP contribution is 2.27. The summed E-state index contributed by atoms with van der Waals surface area (Å²) < 4.78 is 0. The maximum atomic E-state index is 11.8. The van der Waals surface area contributed by atoms with Crippen LogP contribution in [0.25, 0.3) is 0 Å². The molecule has 18 heavy (non-hydrogen) atoms. The first-order valence-corrected chi connectivity index (χ1v) is 6.17. The molecule has 4 nitrogen and oxygen atoms in total. The van der Waals surface area contributed by atoms with Gasteiger partial charge in [0.25, 0.3) is 0 Å². The summed E-state index contributed by atoms with van der Waals surface area (Å²) in [5.41, 5.74) is 1.60. The number of hydrogen-bond donors (Lipinski definition) is 2. The van der Waals surface area contributed by atoms with Gasteiger partial charge in [-0.1, -0.05) is 36.2 Å². The van der Waals surface area contributed by atoms with Gasteiger partial charge in [0.2, 0.25) is 5.91 Å². The van der Waals surface area contributed by atoms with Crippen molar-refractivity contribution >= 4 is 11.9 Å². The molecule has 0 aromatic heterocycles. The molecule has 1 aromatic carbocycles. The first-order valence-electron chi connectivity index (χ1n) is 6.17. The summed E-state index contributed by atoms with van der Waals surface area (Å²) in [4.78, 5) is 23.1. The number of carboxylic acids is 1. The Balaban J connectivity index is 2.13. The van der Waals surface area contributed by atoms with Crippen molar-refractivity contribution in [3.63, 3.8) is 0 Å². The van der Waals surface area contributed by atoms with Crippen LogP contribution in [0, 0.1) is 12.8 Å². The first-order chi connectivity index (χ1) is 8.58. The summed E-state index contributed by atoms with van der Waals surface area (Å²) in [6.07, 6.45) is 2.79. The molecule has 4 heteroatoms. The first kappa shape index (κ1) is 12.6. The molecule has 0 heterocycles. The third-order valence-corrected chi connectivity index (χ3v) is 3.38. The number of carboxylic acid groups (broad SMARTS) is 1. The number of carbonyl (C=O) groups is 2. The van der Waals surface area contributed by atoms with Gasteiger partial charge in [0, 0.05) is 5.92 Å². The third-order valence-electron chi connectivity index (χ3n) is 3.38. The second-order valence-corrected chi connectivity index (χ2v) is 4.82. The lowest BCUT2D eigenvalue weighted by molar-refractivity contribution is -0.143. The van der Waals surface area contributed by atoms with Gasteiger partial charge in [-0.15, -0.1) is 0 Å². The van der Waals surface area contributed by atoms with Gasteiger partial charge in [-0.05, 0) is 25.3 Å². The predicted molar refractivity (Wildman–Crippen MR) is 67.0 cm³/mol. The smallest absolute Gasteiger partial charge is 0.330 e. The minimum absolute atomic E-state index is 0.00309. The maximum Gasteiger partial charge on any atom is 0.330 e. The molecule has 1 aliphatic carbocycles. The fourth-order valence-electron chi connectivity index (χ4n) is 2.07. The molecular formula is C14H17NO3. The number of amides is 1. The Kier molecular flexibility index (Phi) is 3.65. The van der Waals surface area contributed by atoms with Gasteiger partial charge in [0.1, 0.15) is 0 Å². The standard InChI is InChI=1S/C14H17NO3/c1-9-4-2-7-11(8-9)12(14(17)18)15-13(16)10-5-3-6-10/h2,4,7-8,10,12H,3,5-6H2,1H3,(H,15,16)(H,17,18)/t12-/m0/s1. The van der Waals surface area contributed by atoms with Gasteiger partial charge < -0.3 is 10.4 Å². The highest BCUT2D eigenvalue weighted by atomic mass is 16.4. The Labute approximate surface area is 106 Å². The van der Waals surface area contributed by atoms with E-state index in [2.05, 4.69) is 5.32 Å². The fourth-order valence-corrected chi connectivity index (χ4v) is 2.07. The van der Waals surface area contributed by atoms with Gasteiger partial charge in [-0.2, -0.15) is 0 Å². The largest absolute Gasteiger partial charge is 0.479 e. The van der Waals surface area contributed by atoms with E-state index in [-0.39, 0.29) is 11.8 Å². The summed E-state index contributed by atoms with van der Waals surface area (Å²) >= 11 is 0. The zero-order chi connectivity index (χ0) is 13.1. The van der Waals surface area contributed by atoms with Crippen LogP contribution in [-0.2, 0) is 9.59 Å². The average molecular weight is 247 g/mol. The normalized spacial score (nSPS) is 16.7. The quantitative estimate of drug-likeness (QED) is 0.855. The van der Waals surface area contributed by atoms with Crippen LogP contribution in [-0.4, -0.2) is 17.0 Å². The molecule has 2 N–H and O–H groups in total. The van der Waals surface area contributed by atoms with E-state index < -0.39 is 12.0 Å². The highest BCUT2D eigenvalue weighted by Gasteiger charge is 2.29. The summed E-state index contributed by atoms with van der Waals surface area (Å²) in [5, 5.41) is 11.8. The van der Waals surface area contributed by atoms with Crippen LogP contribution < -0.4 is 5.32 Å². The van der Waals surface area contributed by atoms with E-state index >= 15 is 0 Å². The molecule has 0 bridgehead atoms. The van der Waals surface area contributed by atoms with Gasteiger partial charge in [-0.3, -0.25) is 4.79 Å². The average Bonchev–Trinajstić information content (AvgIpc) is 2.23. The molecule has 0 spiro atoms. The molecule has 0 saturated heterocycles. The molecule has 2 rings (SSSR count). The molecule has 1 aromatic rings. The van der Waals surface area contributed by atoms with E-state index in [4.69, 9.17) is 0 Å². The Morgan fingerprint density at radius 1 is 1.39 bits per heavy atom. The number of nitrogens with one attached hydrogen (secondary N) is 1. The molecule has 1 saturated carbocycles. The summed E-state index contributed by atoms with van der Waals surface area (Å²) in [6, 6.07) is 6.27. The van der Waals surface area contributed by atoms with Crippen LogP contribution in [0.5, 0.6) is 0 Å². The predicted octanol–water partition coefficient (Wildman–Crippen LogP) is 2.04. The molecule has 1 fully saturated rings. The molecule has 0 unspecified atom stereocenters. The Bertz CT molecular complexity index is 466. The van der Waals surface area contributed by atoms with E-state index in [9.17, 15) is 14.7 Å². The summed E-state index contributed by atoms with van der Waals surface area (Å²) in [6.45, 7) is 1.90. The lowest BCUT2D eigenvalue weighted by Crippen LogP contribution is -2.39. The second-order valence-electron chi connectivity index (χ2n) is 4.82. The van der Waals surface area contributed by atoms with Crippen molar-refractivity contribution in [1.82, 2.24) is 5.32 Å². The number of benzene rings is 1. The van der Waals surface area contributed by atoms with Gasteiger partial charge in [0.15, 0.2) is 6.04 Å². The minimum atomic E-state index is -1.02. The molecular weight excluding hydrogens is 230 g/mol. The Hall–Kier alpha value is -1.84. The van der Waals surface area contributed by atoms with Crippen LogP contribution in [0.3, 0.4) is 0 Å². The number of carbonyl (C=O) groups excluding carboxylic acids is 1. The maximum absolute atomic E-state index is 11.8. The van der Waals surface area contributed by atoms with Crippen molar-refractivity contribution in [3.05, 3.63) is 35.4 Å². The van der Waals surface area contributed by atoms with Gasteiger partial charge in [-0.25, -0.2) is 4.79 Å². The fraction of sp³-hybridized carbons (Fsp3) is 0.429. The highest BCUT2D eigenvalue weighted by molar-refractivity contribution is 5.86. The van der Waals surface area contributed by atoms with Crippen molar-refractivity contribution in [2.75, 3.05) is 0 Å². The van der Waals surface area contributed by atoms with Crippen LogP contribution in [0.15, 0.2) is 24.3 Å². The summed E-state index contributed by atoms with van der Waals surface area (Å²) in [7, 11) is 0. The minimum Gasteiger partial charge on any atom is -0.479 e. The third kappa shape index (κ3) is 2.70. The SMILES string of the molecule is Cc1cccc([C@H](NC(=O)C2CCC2)C(=O)O)c1. The van der Waals surface area contributed by atoms with E-state index in [0.29, 0.717) is 5.56 Å². The van der Waals surface area contributed by atoms with Crippen LogP contribution in [0.2, 0.25) is 0 Å². The van der Waals surface area contributed by atoms with Crippen molar-refractivity contribution in [1.29, 1.82) is 0 Å². The van der Waals surface area contributed by atoms with E-state index in [1.807, 2.05) is 13.0 Å². The van der Waals surface area contributed by atoms with Gasteiger partial charge >= 0.3 is 5.97 Å². The molecule has 96 valence electrons. The zero-order valence-corrected chi connectivity index (χ0v) is 10.3. The molecule has 1 amide bonds. The number of aliphatic carboxylic acids is 1. The molecule has 0 aliphatic heterocycles. The number of hydrogen-bond acceptors (Lipinski definition) is 2. The van der Waals surface area contributed by atoms with E-state index in [1.54, 1.807) is 18.2 Å². The van der Waals surface area contributed by atoms with E-state index in [1.165, 1.54) is 0 Å².